The minimum absolute atomic E-state index is 0. The fraction of sp³-hybridized carbons (Fsp3) is 0.167. The van der Waals surface area contributed by atoms with Gasteiger partial charge in [-0.15, -0.1) is 24.0 Å². The van der Waals surface area contributed by atoms with Crippen LogP contribution < -0.4 is 21.1 Å². The molecular weight excluding hydrogens is 503 g/mol. The summed E-state index contributed by atoms with van der Waals surface area (Å²) in [6.07, 6.45) is 0.898. The molecular formula is C24H27IN4O2. The van der Waals surface area contributed by atoms with E-state index in [0.717, 1.165) is 23.4 Å². The lowest BCUT2D eigenvalue weighted by Gasteiger charge is -2.09. The normalized spacial score (nSPS) is 10.7. The van der Waals surface area contributed by atoms with E-state index in [4.69, 9.17) is 10.5 Å². The average molecular weight is 530 g/mol. The number of nitrogens with two attached hydrogens (primary N) is 1. The molecule has 0 saturated heterocycles. The molecule has 0 radical (unpaired) electrons. The summed E-state index contributed by atoms with van der Waals surface area (Å²) < 4.78 is 5.83. The van der Waals surface area contributed by atoms with Gasteiger partial charge in [0.1, 0.15) is 11.5 Å². The van der Waals surface area contributed by atoms with Crippen molar-refractivity contribution in [2.45, 2.75) is 19.9 Å². The van der Waals surface area contributed by atoms with Crippen LogP contribution in [0, 0.1) is 0 Å². The molecule has 3 aromatic rings. The van der Waals surface area contributed by atoms with Gasteiger partial charge in [-0.2, -0.15) is 0 Å². The number of benzene rings is 3. The third-order valence-electron chi connectivity index (χ3n) is 4.24. The third-order valence-corrected chi connectivity index (χ3v) is 4.24. The maximum atomic E-state index is 12.1. The summed E-state index contributed by atoms with van der Waals surface area (Å²) in [4.78, 5) is 16.5. The highest BCUT2D eigenvalue weighted by Gasteiger charge is 2.05. The summed E-state index contributed by atoms with van der Waals surface area (Å²) in [5, 5.41) is 5.94. The second kappa shape index (κ2) is 12.6. The lowest BCUT2D eigenvalue weighted by atomic mass is 10.1. The quantitative estimate of drug-likeness (QED) is 0.213. The second-order valence-electron chi connectivity index (χ2n) is 6.73. The van der Waals surface area contributed by atoms with Crippen LogP contribution in [0.3, 0.4) is 0 Å². The van der Waals surface area contributed by atoms with Crippen LogP contribution in [-0.2, 0) is 6.54 Å². The molecule has 0 aliphatic rings. The van der Waals surface area contributed by atoms with Crippen LogP contribution >= 0.6 is 24.0 Å². The van der Waals surface area contributed by atoms with Crippen molar-refractivity contribution in [3.8, 4) is 11.5 Å². The van der Waals surface area contributed by atoms with E-state index in [9.17, 15) is 4.79 Å². The van der Waals surface area contributed by atoms with Gasteiger partial charge in [0, 0.05) is 23.9 Å². The Morgan fingerprint density at radius 1 is 0.968 bits per heavy atom. The first-order valence-electron chi connectivity index (χ1n) is 9.91. The van der Waals surface area contributed by atoms with Crippen LogP contribution in [0.15, 0.2) is 83.9 Å². The van der Waals surface area contributed by atoms with Gasteiger partial charge in [-0.1, -0.05) is 43.3 Å². The fourth-order valence-corrected chi connectivity index (χ4v) is 2.78. The van der Waals surface area contributed by atoms with Crippen molar-refractivity contribution in [3.63, 3.8) is 0 Å². The molecule has 0 aromatic heterocycles. The van der Waals surface area contributed by atoms with Gasteiger partial charge >= 0.3 is 0 Å². The molecule has 4 N–H and O–H groups in total. The van der Waals surface area contributed by atoms with Gasteiger partial charge in [-0.05, 0) is 48.4 Å². The Hall–Kier alpha value is -3.07. The average Bonchev–Trinajstić information content (AvgIpc) is 2.77. The first-order valence-corrected chi connectivity index (χ1v) is 9.91. The molecule has 0 atom stereocenters. The number of rotatable bonds is 8. The Bertz CT molecular complexity index is 1010. The predicted octanol–water partition coefficient (Wildman–Crippen LogP) is 5.16. The predicted molar refractivity (Wildman–Crippen MR) is 136 cm³/mol. The van der Waals surface area contributed by atoms with Crippen molar-refractivity contribution in [1.82, 2.24) is 5.32 Å². The largest absolute Gasteiger partial charge is 0.457 e. The Labute approximate surface area is 199 Å². The highest BCUT2D eigenvalue weighted by Crippen LogP contribution is 2.23. The summed E-state index contributed by atoms with van der Waals surface area (Å²) in [5.41, 5.74) is 8.34. The van der Waals surface area contributed by atoms with Gasteiger partial charge in [-0.3, -0.25) is 4.79 Å². The van der Waals surface area contributed by atoms with Crippen molar-refractivity contribution >= 4 is 41.5 Å². The zero-order chi connectivity index (χ0) is 21.2. The molecule has 1 amide bonds. The molecule has 31 heavy (non-hydrogen) atoms. The first-order chi connectivity index (χ1) is 14.6. The number of carbonyl (C=O) groups is 1. The molecule has 0 aliphatic heterocycles. The minimum Gasteiger partial charge on any atom is -0.457 e. The Morgan fingerprint density at radius 2 is 1.71 bits per heavy atom. The van der Waals surface area contributed by atoms with E-state index in [1.54, 1.807) is 6.07 Å². The Kier molecular flexibility index (Phi) is 9.83. The number of nitrogens with one attached hydrogen (secondary N) is 2. The first kappa shape index (κ1) is 24.2. The molecule has 6 nitrogen and oxygen atoms in total. The number of nitrogens with zero attached hydrogens (tertiary/aromatic N) is 1. The summed E-state index contributed by atoms with van der Waals surface area (Å²) >= 11 is 0. The minimum atomic E-state index is -0.0796. The third kappa shape index (κ3) is 7.93. The lowest BCUT2D eigenvalue weighted by Crippen LogP contribution is -2.24. The van der Waals surface area contributed by atoms with Crippen LogP contribution in [0.25, 0.3) is 0 Å². The van der Waals surface area contributed by atoms with Crippen LogP contribution in [0.4, 0.5) is 5.69 Å². The fourth-order valence-electron chi connectivity index (χ4n) is 2.78. The summed E-state index contributed by atoms with van der Waals surface area (Å²) in [5.74, 6) is 1.67. The SMILES string of the molecule is CCCNC(=O)c1cccc(CN=C(N)Nc2cccc(Oc3ccccc3)c2)c1.I. The van der Waals surface area contributed by atoms with Crippen LogP contribution in [-0.4, -0.2) is 18.4 Å². The van der Waals surface area contributed by atoms with E-state index >= 15 is 0 Å². The second-order valence-corrected chi connectivity index (χ2v) is 6.73. The van der Waals surface area contributed by atoms with Crippen molar-refractivity contribution in [1.29, 1.82) is 0 Å². The zero-order valence-electron chi connectivity index (χ0n) is 17.4. The highest BCUT2D eigenvalue weighted by atomic mass is 127. The number of aliphatic imine (C=N–C) groups is 1. The van der Waals surface area contributed by atoms with Crippen LogP contribution in [0.1, 0.15) is 29.3 Å². The van der Waals surface area contributed by atoms with E-state index in [1.807, 2.05) is 79.7 Å². The number of anilines is 1. The summed E-state index contributed by atoms with van der Waals surface area (Å²) in [7, 11) is 0. The number of ether oxygens (including phenoxy) is 1. The molecule has 0 saturated carbocycles. The number of hydrogen-bond acceptors (Lipinski definition) is 3. The zero-order valence-corrected chi connectivity index (χ0v) is 19.7. The van der Waals surface area contributed by atoms with Gasteiger partial charge < -0.3 is 21.1 Å². The van der Waals surface area contributed by atoms with E-state index in [-0.39, 0.29) is 35.8 Å². The Balaban J connectivity index is 0.00000341. The number of amides is 1. The van der Waals surface area contributed by atoms with Crippen molar-refractivity contribution in [3.05, 3.63) is 90.0 Å². The van der Waals surface area contributed by atoms with Gasteiger partial charge in [0.25, 0.3) is 5.91 Å². The molecule has 0 unspecified atom stereocenters. The number of halogens is 1. The van der Waals surface area contributed by atoms with Crippen molar-refractivity contribution in [2.75, 3.05) is 11.9 Å². The van der Waals surface area contributed by atoms with E-state index in [2.05, 4.69) is 15.6 Å². The number of para-hydroxylation sites is 1. The lowest BCUT2D eigenvalue weighted by molar-refractivity contribution is 0.0953. The van der Waals surface area contributed by atoms with Gasteiger partial charge in [0.2, 0.25) is 0 Å². The molecule has 3 aromatic carbocycles. The molecule has 0 spiro atoms. The molecule has 162 valence electrons. The van der Waals surface area contributed by atoms with Crippen LogP contribution in [0.2, 0.25) is 0 Å². The summed E-state index contributed by atoms with van der Waals surface area (Å²) in [6, 6.07) is 24.5. The molecule has 0 bridgehead atoms. The maximum absolute atomic E-state index is 12.1. The monoisotopic (exact) mass is 530 g/mol. The van der Waals surface area contributed by atoms with Crippen molar-refractivity contribution in [2.24, 2.45) is 10.7 Å². The van der Waals surface area contributed by atoms with Gasteiger partial charge in [0.15, 0.2) is 5.96 Å². The molecule has 0 aliphatic carbocycles. The van der Waals surface area contributed by atoms with E-state index < -0.39 is 0 Å². The number of carbonyl (C=O) groups excluding carboxylic acids is 1. The van der Waals surface area contributed by atoms with Crippen molar-refractivity contribution < 1.29 is 9.53 Å². The van der Waals surface area contributed by atoms with E-state index in [1.165, 1.54) is 0 Å². The molecule has 3 rings (SSSR count). The standard InChI is InChI=1S/C24H26N4O2.HI/c1-2-14-26-23(29)19-9-6-8-18(15-19)17-27-24(25)28-20-10-7-13-22(16-20)30-21-11-4-3-5-12-21;/h3-13,15-16H,2,14,17H2,1H3,(H,26,29)(H3,25,27,28);1H. The summed E-state index contributed by atoms with van der Waals surface area (Å²) in [6.45, 7) is 3.05. The molecule has 7 heteroatoms. The van der Waals surface area contributed by atoms with E-state index in [0.29, 0.717) is 24.4 Å². The highest BCUT2D eigenvalue weighted by molar-refractivity contribution is 14.0. The molecule has 0 heterocycles. The van der Waals surface area contributed by atoms with Gasteiger partial charge in [-0.25, -0.2) is 4.99 Å². The van der Waals surface area contributed by atoms with Crippen LogP contribution in [0.5, 0.6) is 11.5 Å². The molecule has 0 fully saturated rings. The Morgan fingerprint density at radius 3 is 2.48 bits per heavy atom. The number of guanidine groups is 1. The van der Waals surface area contributed by atoms with Gasteiger partial charge in [0.05, 0.1) is 6.54 Å². The number of hydrogen-bond donors (Lipinski definition) is 3. The maximum Gasteiger partial charge on any atom is 0.251 e. The smallest absolute Gasteiger partial charge is 0.251 e. The topological polar surface area (TPSA) is 88.7 Å².